The number of primary sulfonamides is 1. The van der Waals surface area contributed by atoms with E-state index in [-0.39, 0.29) is 11.3 Å². The van der Waals surface area contributed by atoms with Crippen LogP contribution in [0.4, 0.5) is 5.69 Å². The maximum Gasteiger partial charge on any atom is 0.315 e. The molecule has 0 saturated heterocycles. The SMILES string of the molecule is C[C@H](OC(=O)[C@@]1(C)CC1(Cl)Cl)C(=O)Nc1ccc(S(N)(=O)=O)cc1. The van der Waals surface area contributed by atoms with Crippen LogP contribution in [0.15, 0.2) is 29.2 Å². The van der Waals surface area contributed by atoms with E-state index in [0.717, 1.165) is 0 Å². The molecule has 0 bridgehead atoms. The summed E-state index contributed by atoms with van der Waals surface area (Å²) in [5.41, 5.74) is -0.695. The molecule has 1 amide bonds. The fraction of sp³-hybridized carbons (Fsp3) is 0.429. The fourth-order valence-corrected chi connectivity index (χ4v) is 3.14. The fourth-order valence-electron chi connectivity index (χ4n) is 1.94. The minimum absolute atomic E-state index is 0.0813. The van der Waals surface area contributed by atoms with E-state index in [0.29, 0.717) is 5.69 Å². The molecule has 0 heterocycles. The maximum absolute atomic E-state index is 12.0. The third-order valence-electron chi connectivity index (χ3n) is 3.81. The van der Waals surface area contributed by atoms with E-state index in [2.05, 4.69) is 5.32 Å². The second kappa shape index (κ2) is 6.18. The molecule has 1 aliphatic rings. The van der Waals surface area contributed by atoms with Gasteiger partial charge in [-0.25, -0.2) is 13.6 Å². The first-order valence-electron chi connectivity index (χ1n) is 6.89. The zero-order valence-electron chi connectivity index (χ0n) is 12.9. The number of sulfonamides is 1. The molecule has 24 heavy (non-hydrogen) atoms. The average Bonchev–Trinajstić information content (AvgIpc) is 2.98. The van der Waals surface area contributed by atoms with Gasteiger partial charge in [-0.1, -0.05) is 0 Å². The third kappa shape index (κ3) is 3.83. The number of nitrogens with one attached hydrogen (secondary N) is 1. The Balaban J connectivity index is 1.96. The summed E-state index contributed by atoms with van der Waals surface area (Å²) in [6, 6.07) is 5.25. The highest BCUT2D eigenvalue weighted by Gasteiger charge is 2.69. The molecule has 1 fully saturated rings. The first kappa shape index (κ1) is 19.0. The van der Waals surface area contributed by atoms with Crippen molar-refractivity contribution in [1.29, 1.82) is 0 Å². The molecule has 7 nitrogen and oxygen atoms in total. The highest BCUT2D eigenvalue weighted by molar-refractivity contribution is 7.89. The number of amides is 1. The molecule has 1 aliphatic carbocycles. The average molecular weight is 395 g/mol. The molecule has 0 radical (unpaired) electrons. The number of anilines is 1. The normalized spacial score (nSPS) is 23.2. The third-order valence-corrected chi connectivity index (χ3v) is 5.84. The molecule has 2 atom stereocenters. The Labute approximate surface area is 149 Å². The molecular formula is C14H16Cl2N2O5S. The second-order valence-corrected chi connectivity index (χ2v) is 8.86. The Bertz CT molecular complexity index is 779. The molecule has 0 unspecified atom stereocenters. The van der Waals surface area contributed by atoms with Crippen LogP contribution in [0.5, 0.6) is 0 Å². The molecular weight excluding hydrogens is 379 g/mol. The van der Waals surface area contributed by atoms with Crippen molar-refractivity contribution < 1.29 is 22.7 Å². The number of esters is 1. The number of carbonyl (C=O) groups is 2. The summed E-state index contributed by atoms with van der Waals surface area (Å²) < 4.78 is 26.2. The summed E-state index contributed by atoms with van der Waals surface area (Å²) in [4.78, 5) is 24.0. The van der Waals surface area contributed by atoms with Crippen molar-refractivity contribution >= 4 is 50.8 Å². The number of hydrogen-bond donors (Lipinski definition) is 2. The van der Waals surface area contributed by atoms with Gasteiger partial charge in [0.1, 0.15) is 9.75 Å². The van der Waals surface area contributed by atoms with Crippen LogP contribution < -0.4 is 10.5 Å². The van der Waals surface area contributed by atoms with Crippen molar-refractivity contribution in [3.8, 4) is 0 Å². The number of benzene rings is 1. The lowest BCUT2D eigenvalue weighted by Crippen LogP contribution is -2.33. The van der Waals surface area contributed by atoms with Crippen molar-refractivity contribution in [3.63, 3.8) is 0 Å². The largest absolute Gasteiger partial charge is 0.452 e. The lowest BCUT2D eigenvalue weighted by Gasteiger charge is -2.17. The predicted molar refractivity (Wildman–Crippen MR) is 89.2 cm³/mol. The Morgan fingerprint density at radius 1 is 1.29 bits per heavy atom. The van der Waals surface area contributed by atoms with Crippen LogP contribution in [0.2, 0.25) is 0 Å². The molecule has 2 rings (SSSR count). The second-order valence-electron chi connectivity index (χ2n) is 5.82. The van der Waals surface area contributed by atoms with Crippen LogP contribution in [-0.2, 0) is 24.3 Å². The van der Waals surface area contributed by atoms with Crippen LogP contribution in [0.1, 0.15) is 20.3 Å². The van der Waals surface area contributed by atoms with Gasteiger partial charge in [0.05, 0.1) is 4.90 Å². The van der Waals surface area contributed by atoms with Gasteiger partial charge in [-0.15, -0.1) is 23.2 Å². The van der Waals surface area contributed by atoms with Gasteiger partial charge >= 0.3 is 5.97 Å². The Kier molecular flexibility index (Phi) is 4.89. The lowest BCUT2D eigenvalue weighted by molar-refractivity contribution is -0.158. The highest BCUT2D eigenvalue weighted by Crippen LogP contribution is 2.64. The summed E-state index contributed by atoms with van der Waals surface area (Å²) in [7, 11) is -3.81. The standard InChI is InChI=1S/C14H16Cl2N2O5S/c1-8(23-12(20)13(2)7-14(13,15)16)11(19)18-9-3-5-10(6-4-9)24(17,21)22/h3-6,8H,7H2,1-2H3,(H,18,19)(H2,17,21,22)/t8-,13+/m0/s1. The van der Waals surface area contributed by atoms with Gasteiger partial charge in [0.2, 0.25) is 10.0 Å². The van der Waals surface area contributed by atoms with Crippen molar-refractivity contribution in [1.82, 2.24) is 0 Å². The van der Waals surface area contributed by atoms with E-state index in [1.807, 2.05) is 0 Å². The maximum atomic E-state index is 12.0. The van der Waals surface area contributed by atoms with Crippen LogP contribution in [-0.4, -0.2) is 30.7 Å². The van der Waals surface area contributed by atoms with Gasteiger partial charge in [0.25, 0.3) is 5.91 Å². The van der Waals surface area contributed by atoms with Crippen LogP contribution in [0.25, 0.3) is 0 Å². The first-order chi connectivity index (χ1) is 10.9. The van der Waals surface area contributed by atoms with Crippen LogP contribution in [0, 0.1) is 5.41 Å². The molecule has 0 aliphatic heterocycles. The van der Waals surface area contributed by atoms with Crippen LogP contribution in [0.3, 0.4) is 0 Å². The zero-order chi connectivity index (χ0) is 18.3. The monoisotopic (exact) mass is 394 g/mol. The number of carbonyl (C=O) groups excluding carboxylic acids is 2. The first-order valence-corrected chi connectivity index (χ1v) is 9.20. The van der Waals surface area contributed by atoms with Crippen molar-refractivity contribution in [2.24, 2.45) is 10.6 Å². The highest BCUT2D eigenvalue weighted by atomic mass is 35.5. The van der Waals surface area contributed by atoms with Crippen molar-refractivity contribution in [3.05, 3.63) is 24.3 Å². The molecule has 1 saturated carbocycles. The van der Waals surface area contributed by atoms with Gasteiger partial charge in [0.15, 0.2) is 6.10 Å². The molecule has 1 aromatic rings. The van der Waals surface area contributed by atoms with Gasteiger partial charge in [-0.3, -0.25) is 9.59 Å². The Morgan fingerprint density at radius 2 is 1.79 bits per heavy atom. The number of nitrogens with two attached hydrogens (primary N) is 1. The Morgan fingerprint density at radius 3 is 2.21 bits per heavy atom. The summed E-state index contributed by atoms with van der Waals surface area (Å²) in [5, 5.41) is 7.49. The molecule has 10 heteroatoms. The van der Waals surface area contributed by atoms with E-state index in [1.54, 1.807) is 6.92 Å². The van der Waals surface area contributed by atoms with Gasteiger partial charge in [-0.2, -0.15) is 0 Å². The summed E-state index contributed by atoms with van der Waals surface area (Å²) >= 11 is 11.8. The number of alkyl halides is 2. The van der Waals surface area contributed by atoms with Crippen molar-refractivity contribution in [2.75, 3.05) is 5.32 Å². The van der Waals surface area contributed by atoms with E-state index in [1.165, 1.54) is 31.2 Å². The smallest absolute Gasteiger partial charge is 0.315 e. The minimum atomic E-state index is -3.81. The molecule has 0 aromatic heterocycles. The quantitative estimate of drug-likeness (QED) is 0.583. The summed E-state index contributed by atoms with van der Waals surface area (Å²) in [6.45, 7) is 2.97. The molecule has 0 spiro atoms. The molecule has 1 aromatic carbocycles. The molecule has 132 valence electrons. The van der Waals surface area contributed by atoms with E-state index < -0.39 is 37.8 Å². The predicted octanol–water partition coefficient (Wildman–Crippen LogP) is 1.79. The number of halogens is 2. The van der Waals surface area contributed by atoms with Gasteiger partial charge in [0, 0.05) is 12.1 Å². The minimum Gasteiger partial charge on any atom is -0.452 e. The van der Waals surface area contributed by atoms with Gasteiger partial charge in [-0.05, 0) is 38.1 Å². The topological polar surface area (TPSA) is 116 Å². The lowest BCUT2D eigenvalue weighted by atomic mass is 10.1. The van der Waals surface area contributed by atoms with E-state index >= 15 is 0 Å². The number of rotatable bonds is 5. The number of hydrogen-bond acceptors (Lipinski definition) is 5. The molecule has 3 N–H and O–H groups in total. The van der Waals surface area contributed by atoms with Crippen molar-refractivity contribution in [2.45, 2.75) is 35.6 Å². The Hall–Kier alpha value is -1.35. The van der Waals surface area contributed by atoms with E-state index in [4.69, 9.17) is 33.1 Å². The summed E-state index contributed by atoms with van der Waals surface area (Å²) in [6.07, 6.45) is -0.817. The van der Waals surface area contributed by atoms with Crippen LogP contribution >= 0.6 is 23.2 Å². The number of ether oxygens (including phenoxy) is 1. The van der Waals surface area contributed by atoms with Gasteiger partial charge < -0.3 is 10.1 Å². The zero-order valence-corrected chi connectivity index (χ0v) is 15.2. The summed E-state index contributed by atoms with van der Waals surface area (Å²) in [5.74, 6) is -1.23. The van der Waals surface area contributed by atoms with E-state index in [9.17, 15) is 18.0 Å².